The summed E-state index contributed by atoms with van der Waals surface area (Å²) in [6, 6.07) is 9.79. The number of carbonyl (C=O) groups is 1. The molecule has 0 spiro atoms. The van der Waals surface area contributed by atoms with Crippen molar-refractivity contribution in [2.75, 3.05) is 18.0 Å². The van der Waals surface area contributed by atoms with E-state index in [4.69, 9.17) is 10.2 Å². The number of nitrogens with one attached hydrogen (secondary N) is 1. The molecule has 0 radical (unpaired) electrons. The van der Waals surface area contributed by atoms with Crippen LogP contribution in [0, 0.1) is 24.2 Å². The van der Waals surface area contributed by atoms with Gasteiger partial charge < -0.3 is 15.3 Å². The van der Waals surface area contributed by atoms with Crippen molar-refractivity contribution < 1.29 is 14.3 Å². The average Bonchev–Trinajstić information content (AvgIpc) is 3.20. The number of anilines is 1. The van der Waals surface area contributed by atoms with Gasteiger partial charge in [-0.2, -0.15) is 5.26 Å². The number of alkyl halides is 1. The second kappa shape index (κ2) is 10.0. The van der Waals surface area contributed by atoms with E-state index in [1.54, 1.807) is 18.3 Å². The molecule has 4 rings (SSSR count). The number of nitriles is 1. The van der Waals surface area contributed by atoms with Gasteiger partial charge in [0, 0.05) is 30.6 Å². The molecule has 1 aliphatic carbocycles. The van der Waals surface area contributed by atoms with Crippen molar-refractivity contribution in [1.29, 1.82) is 5.26 Å². The lowest BCUT2D eigenvalue weighted by Gasteiger charge is -2.37. The Balaban J connectivity index is 1.58. The summed E-state index contributed by atoms with van der Waals surface area (Å²) < 4.78 is 14.3. The van der Waals surface area contributed by atoms with E-state index in [9.17, 15) is 14.3 Å². The van der Waals surface area contributed by atoms with E-state index >= 15 is 0 Å². The molecule has 0 bridgehead atoms. The molecule has 0 unspecified atom stereocenters. The topological polar surface area (TPSA) is 89.2 Å². The Bertz CT molecular complexity index is 1050. The van der Waals surface area contributed by atoms with Crippen LogP contribution in [-0.2, 0) is 4.79 Å². The number of hydrogen-bond donors (Lipinski definition) is 2. The summed E-state index contributed by atoms with van der Waals surface area (Å²) in [5.41, 5.74) is 2.45. The molecule has 6 nitrogen and oxygen atoms in total. The molecule has 1 saturated carbocycles. The van der Waals surface area contributed by atoms with E-state index in [0.29, 0.717) is 12.8 Å². The molecule has 1 aromatic heterocycles. The van der Waals surface area contributed by atoms with Gasteiger partial charge in [0.2, 0.25) is 5.91 Å². The van der Waals surface area contributed by atoms with Crippen molar-refractivity contribution in [1.82, 2.24) is 10.3 Å². The van der Waals surface area contributed by atoms with Crippen LogP contribution in [0.15, 0.2) is 24.3 Å². The van der Waals surface area contributed by atoms with Crippen LogP contribution in [0.1, 0.15) is 62.6 Å². The maximum absolute atomic E-state index is 14.3. The van der Waals surface area contributed by atoms with Gasteiger partial charge in [0.1, 0.15) is 12.2 Å². The molecule has 2 aliphatic rings. The van der Waals surface area contributed by atoms with Crippen molar-refractivity contribution in [3.63, 3.8) is 0 Å². The molecule has 8 heteroatoms. The van der Waals surface area contributed by atoms with Gasteiger partial charge in [0.05, 0.1) is 27.2 Å². The quantitative estimate of drug-likeness (QED) is 0.641. The van der Waals surface area contributed by atoms with Gasteiger partial charge in [-0.05, 0) is 70.6 Å². The van der Waals surface area contributed by atoms with E-state index in [2.05, 4.69) is 34.5 Å². The Hall–Kier alpha value is -2.50. The number of rotatable bonds is 5. The smallest absolute Gasteiger partial charge is 0.224 e. The normalized spacial score (nSPS) is 25.4. The first kappa shape index (κ1) is 24.6. The first-order valence-corrected chi connectivity index (χ1v) is 12.9. The lowest BCUT2D eigenvalue weighted by atomic mass is 9.75. The maximum atomic E-state index is 14.3. The number of piperidine rings is 1. The average molecular weight is 485 g/mol. The Labute approximate surface area is 204 Å². The summed E-state index contributed by atoms with van der Waals surface area (Å²) in [5.74, 6) is -0.989. The minimum absolute atomic E-state index is 0.155. The predicted octanol–water partition coefficient (Wildman–Crippen LogP) is 4.72. The molecular weight excluding hydrogens is 451 g/mol. The van der Waals surface area contributed by atoms with E-state index in [1.165, 1.54) is 0 Å². The van der Waals surface area contributed by atoms with Gasteiger partial charge in [0.15, 0.2) is 0 Å². The van der Waals surface area contributed by atoms with E-state index in [-0.39, 0.29) is 18.2 Å². The first-order chi connectivity index (χ1) is 16.2. The summed E-state index contributed by atoms with van der Waals surface area (Å²) in [6.45, 7) is 7.13. The second-order valence-electron chi connectivity index (χ2n) is 9.96. The summed E-state index contributed by atoms with van der Waals surface area (Å²) >= 11 is 1.60. The van der Waals surface area contributed by atoms with E-state index in [0.717, 1.165) is 52.8 Å². The summed E-state index contributed by atoms with van der Waals surface area (Å²) in [5, 5.41) is 23.0. The molecule has 1 aromatic carbocycles. The fourth-order valence-corrected chi connectivity index (χ4v) is 6.06. The van der Waals surface area contributed by atoms with Crippen LogP contribution < -0.4 is 10.2 Å². The summed E-state index contributed by atoms with van der Waals surface area (Å²) in [6.07, 6.45) is 1.61. The molecule has 1 amide bonds. The Kier molecular flexibility index (Phi) is 7.25. The number of aliphatic hydroxyl groups is 1. The van der Waals surface area contributed by atoms with Crippen LogP contribution in [0.2, 0.25) is 0 Å². The number of aryl methyl sites for hydroxylation is 1. The number of amides is 1. The third kappa shape index (κ3) is 5.42. The van der Waals surface area contributed by atoms with Gasteiger partial charge in [-0.3, -0.25) is 4.79 Å². The fourth-order valence-electron chi connectivity index (χ4n) is 5.06. The van der Waals surface area contributed by atoms with Crippen molar-refractivity contribution in [3.05, 3.63) is 35.0 Å². The number of halogens is 1. The first-order valence-electron chi connectivity index (χ1n) is 12.1. The minimum Gasteiger partial charge on any atom is -0.390 e. The monoisotopic (exact) mass is 484 g/mol. The highest BCUT2D eigenvalue weighted by atomic mass is 32.1. The third-order valence-electron chi connectivity index (χ3n) is 7.12. The summed E-state index contributed by atoms with van der Waals surface area (Å²) in [7, 11) is 0. The number of benzene rings is 1. The second-order valence-corrected chi connectivity index (χ2v) is 11.2. The Morgan fingerprint density at radius 2 is 2.00 bits per heavy atom. The van der Waals surface area contributed by atoms with E-state index in [1.807, 2.05) is 19.9 Å². The van der Waals surface area contributed by atoms with Gasteiger partial charge in [-0.15, -0.1) is 11.3 Å². The Morgan fingerprint density at radius 3 is 2.65 bits per heavy atom. The number of nitrogens with zero attached hydrogens (tertiary/aromatic N) is 3. The van der Waals surface area contributed by atoms with Crippen molar-refractivity contribution in [2.45, 2.75) is 76.6 Å². The zero-order valence-electron chi connectivity index (χ0n) is 20.1. The number of thiazole rings is 1. The van der Waals surface area contributed by atoms with Crippen LogP contribution in [0.25, 0.3) is 10.4 Å². The SMILES string of the molecule is Cc1nc([C@@H]2CC[C@H](F)C[C@H]2C(=O)N[C@@H](C)C#N)c(-c2ccc(N3CCC(C)(O)CC3)cc2)s1. The predicted molar refractivity (Wildman–Crippen MR) is 133 cm³/mol. The zero-order chi connectivity index (χ0) is 24.5. The van der Waals surface area contributed by atoms with Gasteiger partial charge in [0.25, 0.3) is 0 Å². The van der Waals surface area contributed by atoms with Crippen molar-refractivity contribution in [3.8, 4) is 16.5 Å². The van der Waals surface area contributed by atoms with E-state index < -0.39 is 23.7 Å². The molecular formula is C26H33FN4O2S. The highest BCUT2D eigenvalue weighted by Crippen LogP contribution is 2.44. The minimum atomic E-state index is -1.02. The molecule has 182 valence electrons. The highest BCUT2D eigenvalue weighted by Gasteiger charge is 2.39. The molecule has 2 N–H and O–H groups in total. The molecule has 2 heterocycles. The van der Waals surface area contributed by atoms with Gasteiger partial charge >= 0.3 is 0 Å². The van der Waals surface area contributed by atoms with Crippen LogP contribution in [0.5, 0.6) is 0 Å². The molecule has 2 fully saturated rings. The largest absolute Gasteiger partial charge is 0.390 e. The van der Waals surface area contributed by atoms with Crippen molar-refractivity contribution >= 4 is 22.9 Å². The third-order valence-corrected chi connectivity index (χ3v) is 8.16. The van der Waals surface area contributed by atoms with Crippen LogP contribution in [-0.4, -0.2) is 46.9 Å². The molecule has 2 aromatic rings. The zero-order valence-corrected chi connectivity index (χ0v) is 20.9. The van der Waals surface area contributed by atoms with Crippen LogP contribution in [0.3, 0.4) is 0 Å². The Morgan fingerprint density at radius 1 is 1.32 bits per heavy atom. The van der Waals surface area contributed by atoms with Crippen molar-refractivity contribution in [2.24, 2.45) is 5.92 Å². The molecule has 34 heavy (non-hydrogen) atoms. The van der Waals surface area contributed by atoms with Crippen LogP contribution >= 0.6 is 11.3 Å². The standard InChI is InChI=1S/C26H33FN4O2S/c1-16(15-28)29-25(32)22-14-19(27)6-9-21(22)23-24(34-17(2)30-23)18-4-7-20(8-5-18)31-12-10-26(3,33)11-13-31/h4-5,7-8,16,19,21-22,33H,6,9-14H2,1-3H3,(H,29,32)/t16-,19-,21+,22+/m0/s1. The number of carbonyl (C=O) groups excluding carboxylic acids is 1. The molecule has 1 saturated heterocycles. The number of aromatic nitrogens is 1. The van der Waals surface area contributed by atoms with Crippen LogP contribution in [0.4, 0.5) is 10.1 Å². The fraction of sp³-hybridized carbons (Fsp3) is 0.577. The highest BCUT2D eigenvalue weighted by molar-refractivity contribution is 7.15. The van der Waals surface area contributed by atoms with Gasteiger partial charge in [-0.1, -0.05) is 12.1 Å². The van der Waals surface area contributed by atoms with Gasteiger partial charge in [-0.25, -0.2) is 9.37 Å². The maximum Gasteiger partial charge on any atom is 0.224 e. The molecule has 4 atom stereocenters. The lowest BCUT2D eigenvalue weighted by Crippen LogP contribution is -2.42. The lowest BCUT2D eigenvalue weighted by molar-refractivity contribution is -0.127. The summed E-state index contributed by atoms with van der Waals surface area (Å²) in [4.78, 5) is 21.1. The molecule has 1 aliphatic heterocycles. The number of hydrogen-bond acceptors (Lipinski definition) is 6.